The van der Waals surface area contributed by atoms with Crippen LogP contribution in [0.2, 0.25) is 0 Å². The summed E-state index contributed by atoms with van der Waals surface area (Å²) in [7, 11) is 0. The Morgan fingerprint density at radius 1 is 0.909 bits per heavy atom. The Labute approximate surface area is 127 Å². The number of amides is 1. The molecule has 0 aliphatic rings. The highest BCUT2D eigenvalue weighted by molar-refractivity contribution is 6.14. The van der Waals surface area contributed by atoms with Crippen molar-refractivity contribution in [2.24, 2.45) is 0 Å². The molecule has 1 aromatic heterocycles. The van der Waals surface area contributed by atoms with Crippen LogP contribution in [0, 0.1) is 0 Å². The fourth-order valence-electron chi connectivity index (χ4n) is 2.13. The Morgan fingerprint density at radius 2 is 1.55 bits per heavy atom. The first-order valence-corrected chi connectivity index (χ1v) is 6.81. The molecule has 0 unspecified atom stereocenters. The summed E-state index contributed by atoms with van der Waals surface area (Å²) in [6.07, 6.45) is 1.47. The normalized spacial score (nSPS) is 10.2. The van der Waals surface area contributed by atoms with Crippen molar-refractivity contribution in [1.82, 2.24) is 4.98 Å². The van der Waals surface area contributed by atoms with E-state index in [2.05, 4.69) is 15.3 Å². The minimum absolute atomic E-state index is 0.206. The Balaban J connectivity index is 1.86. The average Bonchev–Trinajstić information content (AvgIpc) is 3.05. The highest BCUT2D eigenvalue weighted by atomic mass is 16.2. The van der Waals surface area contributed by atoms with Gasteiger partial charge in [-0.15, -0.1) is 0 Å². The standard InChI is InChI=1S/C17H13N3O2/c21-16(12-7-3-1-4-8-12)14-15(19-11-18-14)17(22)20-13-9-5-2-6-10-13/h1-11H,(H,18,19)(H,20,22)/p+1. The van der Waals surface area contributed by atoms with E-state index in [9.17, 15) is 9.59 Å². The Hall–Kier alpha value is -3.21. The smallest absolute Gasteiger partial charge is 0.300 e. The maximum absolute atomic E-state index is 12.5. The molecule has 0 spiro atoms. The van der Waals surface area contributed by atoms with Crippen molar-refractivity contribution in [3.8, 4) is 0 Å². The molecule has 0 saturated carbocycles. The van der Waals surface area contributed by atoms with Crippen molar-refractivity contribution in [3.05, 3.63) is 83.9 Å². The van der Waals surface area contributed by atoms with E-state index in [1.54, 1.807) is 36.4 Å². The van der Waals surface area contributed by atoms with Crippen LogP contribution in [-0.4, -0.2) is 16.7 Å². The van der Waals surface area contributed by atoms with E-state index in [0.29, 0.717) is 11.3 Å². The van der Waals surface area contributed by atoms with Crippen molar-refractivity contribution in [2.75, 3.05) is 5.32 Å². The van der Waals surface area contributed by atoms with Gasteiger partial charge in [-0.2, -0.15) is 0 Å². The van der Waals surface area contributed by atoms with Crippen molar-refractivity contribution in [1.29, 1.82) is 0 Å². The van der Waals surface area contributed by atoms with Crippen LogP contribution in [0.25, 0.3) is 0 Å². The Bertz CT molecular complexity index is 795. The number of H-pyrrole nitrogens is 2. The topological polar surface area (TPSA) is 76.1 Å². The molecule has 3 aromatic rings. The highest BCUT2D eigenvalue weighted by Gasteiger charge is 2.26. The summed E-state index contributed by atoms with van der Waals surface area (Å²) in [6.45, 7) is 0. The van der Waals surface area contributed by atoms with Gasteiger partial charge in [0.25, 0.3) is 5.91 Å². The molecule has 5 heteroatoms. The molecule has 0 saturated heterocycles. The first-order valence-electron chi connectivity index (χ1n) is 6.81. The number of anilines is 1. The van der Waals surface area contributed by atoms with Gasteiger partial charge in [0.2, 0.25) is 23.5 Å². The number of rotatable bonds is 4. The molecule has 0 bridgehead atoms. The minimum Gasteiger partial charge on any atom is -0.319 e. The summed E-state index contributed by atoms with van der Waals surface area (Å²) in [5.74, 6) is -0.605. The summed E-state index contributed by atoms with van der Waals surface area (Å²) in [6, 6.07) is 17.9. The van der Waals surface area contributed by atoms with Crippen LogP contribution in [-0.2, 0) is 0 Å². The molecule has 0 aliphatic heterocycles. The van der Waals surface area contributed by atoms with Crippen molar-refractivity contribution in [2.45, 2.75) is 0 Å². The fourth-order valence-corrected chi connectivity index (χ4v) is 2.13. The third-order valence-corrected chi connectivity index (χ3v) is 3.20. The predicted molar refractivity (Wildman–Crippen MR) is 81.6 cm³/mol. The van der Waals surface area contributed by atoms with E-state index in [0.717, 1.165) is 0 Å². The van der Waals surface area contributed by atoms with Gasteiger partial charge in [-0.05, 0) is 12.1 Å². The Morgan fingerprint density at radius 3 is 2.23 bits per heavy atom. The first kappa shape index (κ1) is 13.8. The van der Waals surface area contributed by atoms with Crippen LogP contribution < -0.4 is 10.3 Å². The lowest BCUT2D eigenvalue weighted by Gasteiger charge is -2.02. The number of aromatic nitrogens is 2. The van der Waals surface area contributed by atoms with Gasteiger partial charge in [-0.3, -0.25) is 9.59 Å². The molecule has 3 N–H and O–H groups in total. The molecule has 2 aromatic carbocycles. The molecule has 1 heterocycles. The second-order valence-electron chi connectivity index (χ2n) is 4.70. The number of hydrogen-bond acceptors (Lipinski definition) is 2. The van der Waals surface area contributed by atoms with Crippen LogP contribution in [0.5, 0.6) is 0 Å². The summed E-state index contributed by atoms with van der Waals surface area (Å²) >= 11 is 0. The highest BCUT2D eigenvalue weighted by Crippen LogP contribution is 2.12. The fraction of sp³-hybridized carbons (Fsp3) is 0. The van der Waals surface area contributed by atoms with Crippen molar-refractivity contribution >= 4 is 17.4 Å². The van der Waals surface area contributed by atoms with E-state index < -0.39 is 0 Å². The molecule has 108 valence electrons. The summed E-state index contributed by atoms with van der Waals surface area (Å²) in [5.41, 5.74) is 1.63. The summed E-state index contributed by atoms with van der Waals surface area (Å²) in [4.78, 5) is 30.4. The summed E-state index contributed by atoms with van der Waals surface area (Å²) in [5, 5.41) is 2.75. The number of para-hydroxylation sites is 1. The van der Waals surface area contributed by atoms with Crippen LogP contribution in [0.4, 0.5) is 5.69 Å². The van der Waals surface area contributed by atoms with E-state index in [-0.39, 0.29) is 23.1 Å². The number of carbonyl (C=O) groups is 2. The number of nitrogens with one attached hydrogen (secondary N) is 3. The largest absolute Gasteiger partial charge is 0.319 e. The molecule has 1 amide bonds. The molecule has 22 heavy (non-hydrogen) atoms. The number of hydrogen-bond donors (Lipinski definition) is 2. The maximum atomic E-state index is 12.5. The monoisotopic (exact) mass is 292 g/mol. The zero-order valence-corrected chi connectivity index (χ0v) is 11.7. The van der Waals surface area contributed by atoms with Gasteiger partial charge in [0, 0.05) is 11.3 Å². The number of aromatic amines is 2. The molecule has 0 atom stereocenters. The quantitative estimate of drug-likeness (QED) is 0.724. The van der Waals surface area contributed by atoms with Gasteiger partial charge in [0.15, 0.2) is 0 Å². The zero-order valence-electron chi connectivity index (χ0n) is 11.7. The average molecular weight is 292 g/mol. The van der Waals surface area contributed by atoms with Gasteiger partial charge < -0.3 is 5.32 Å². The van der Waals surface area contributed by atoms with Crippen LogP contribution in [0.15, 0.2) is 67.0 Å². The molecule has 0 radical (unpaired) electrons. The Kier molecular flexibility index (Phi) is 3.78. The number of carbonyl (C=O) groups excluding carboxylic acids is 2. The van der Waals surface area contributed by atoms with Gasteiger partial charge in [-0.1, -0.05) is 48.5 Å². The molecule has 0 fully saturated rings. The molecular weight excluding hydrogens is 278 g/mol. The zero-order chi connectivity index (χ0) is 15.4. The number of imidazole rings is 1. The third-order valence-electron chi connectivity index (χ3n) is 3.20. The van der Waals surface area contributed by atoms with Crippen LogP contribution in [0.3, 0.4) is 0 Å². The molecule has 0 aliphatic carbocycles. The second kappa shape index (κ2) is 6.05. The van der Waals surface area contributed by atoms with E-state index in [1.807, 2.05) is 24.3 Å². The van der Waals surface area contributed by atoms with Crippen molar-refractivity contribution < 1.29 is 14.6 Å². The van der Waals surface area contributed by atoms with Gasteiger partial charge >= 0.3 is 0 Å². The van der Waals surface area contributed by atoms with Crippen LogP contribution >= 0.6 is 0 Å². The van der Waals surface area contributed by atoms with Crippen LogP contribution in [0.1, 0.15) is 26.5 Å². The molecule has 5 nitrogen and oxygen atoms in total. The molecule has 3 rings (SSSR count). The van der Waals surface area contributed by atoms with Gasteiger partial charge in [0.1, 0.15) is 0 Å². The molecular formula is C17H14N3O2+. The van der Waals surface area contributed by atoms with Crippen molar-refractivity contribution in [3.63, 3.8) is 0 Å². The lowest BCUT2D eigenvalue weighted by Crippen LogP contribution is -2.21. The maximum Gasteiger partial charge on any atom is 0.300 e. The van der Waals surface area contributed by atoms with Gasteiger partial charge in [-0.25, -0.2) is 9.97 Å². The number of ketones is 1. The van der Waals surface area contributed by atoms with E-state index in [1.165, 1.54) is 6.33 Å². The SMILES string of the molecule is O=C(Nc1ccccc1)c1[nH]c[nH+]c1C(=O)c1ccccc1. The lowest BCUT2D eigenvalue weighted by atomic mass is 10.1. The lowest BCUT2D eigenvalue weighted by molar-refractivity contribution is -0.379. The second-order valence-corrected chi connectivity index (χ2v) is 4.70. The summed E-state index contributed by atoms with van der Waals surface area (Å²) < 4.78 is 0. The number of benzene rings is 2. The minimum atomic E-state index is -0.369. The first-order chi connectivity index (χ1) is 10.8. The predicted octanol–water partition coefficient (Wildman–Crippen LogP) is 2.31. The third kappa shape index (κ3) is 2.78. The van der Waals surface area contributed by atoms with E-state index in [4.69, 9.17) is 0 Å². The van der Waals surface area contributed by atoms with E-state index >= 15 is 0 Å². The van der Waals surface area contributed by atoms with Gasteiger partial charge in [0.05, 0.1) is 0 Å².